The topological polar surface area (TPSA) is 0 Å². The van der Waals surface area contributed by atoms with Gasteiger partial charge < -0.3 is 0 Å². The number of allylic oxidation sites excluding steroid dienone is 1. The molecule has 0 atom stereocenters. The summed E-state index contributed by atoms with van der Waals surface area (Å²) in [6, 6.07) is 12.0. The second kappa shape index (κ2) is 6.05. The normalized spacial score (nSPS) is 11.4. The van der Waals surface area contributed by atoms with Gasteiger partial charge in [-0.15, -0.1) is 6.58 Å². The zero-order valence-corrected chi connectivity index (χ0v) is 11.9. The summed E-state index contributed by atoms with van der Waals surface area (Å²) in [4.78, 5) is 0. The highest BCUT2D eigenvalue weighted by Crippen LogP contribution is 2.19. The molecule has 0 amide bonds. The predicted octanol–water partition coefficient (Wildman–Crippen LogP) is 4.90. The number of hydrogen-bond acceptors (Lipinski definition) is 0. The molecule has 0 heterocycles. The van der Waals surface area contributed by atoms with E-state index in [1.165, 1.54) is 36.4 Å². The minimum absolute atomic E-state index is 0.949. The minimum Gasteiger partial charge on any atom is -0.100 e. The monoisotopic (exact) mass is 232 g/mol. The zero-order chi connectivity index (χ0) is 12.0. The van der Waals surface area contributed by atoms with E-state index in [2.05, 4.69) is 56.6 Å². The van der Waals surface area contributed by atoms with E-state index in [0.717, 1.165) is 0 Å². The first-order valence-electron chi connectivity index (χ1n) is 6.18. The summed E-state index contributed by atoms with van der Waals surface area (Å²) in [5, 5.41) is 0. The van der Waals surface area contributed by atoms with Gasteiger partial charge in [0.1, 0.15) is 0 Å². The molecule has 0 spiro atoms. The second-order valence-corrected chi connectivity index (χ2v) is 11.3. The van der Waals surface area contributed by atoms with Gasteiger partial charge >= 0.3 is 0 Å². The van der Waals surface area contributed by atoms with Crippen molar-refractivity contribution >= 4 is 8.07 Å². The lowest BCUT2D eigenvalue weighted by atomic mass is 10.1. The van der Waals surface area contributed by atoms with E-state index in [9.17, 15) is 0 Å². The van der Waals surface area contributed by atoms with Crippen molar-refractivity contribution in [1.29, 1.82) is 0 Å². The van der Waals surface area contributed by atoms with Crippen LogP contribution in [0.1, 0.15) is 18.4 Å². The molecule has 0 nitrogen and oxygen atoms in total. The van der Waals surface area contributed by atoms with E-state index >= 15 is 0 Å². The predicted molar refractivity (Wildman–Crippen MR) is 76.7 cm³/mol. The molecular weight excluding hydrogens is 208 g/mol. The summed E-state index contributed by atoms with van der Waals surface area (Å²) in [7, 11) is -0.949. The standard InChI is InChI=1S/C15H24Si/c1-14(13-16(2,3)4)9-8-12-15-10-6-5-7-11-15/h5-7,10-11H,1,8-9,12-13H2,2-4H3. The van der Waals surface area contributed by atoms with Crippen molar-refractivity contribution in [2.24, 2.45) is 0 Å². The fraction of sp³-hybridized carbons (Fsp3) is 0.467. The van der Waals surface area contributed by atoms with E-state index in [0.29, 0.717) is 0 Å². The quantitative estimate of drug-likeness (QED) is 0.483. The van der Waals surface area contributed by atoms with Gasteiger partial charge in [-0.2, -0.15) is 0 Å². The lowest BCUT2D eigenvalue weighted by Crippen LogP contribution is -2.19. The van der Waals surface area contributed by atoms with Crippen LogP contribution in [0.25, 0.3) is 0 Å². The first kappa shape index (κ1) is 13.2. The van der Waals surface area contributed by atoms with Crippen molar-refractivity contribution in [2.75, 3.05) is 0 Å². The molecule has 0 aromatic heterocycles. The van der Waals surface area contributed by atoms with Crippen LogP contribution in [0.5, 0.6) is 0 Å². The van der Waals surface area contributed by atoms with Gasteiger partial charge in [-0.25, -0.2) is 0 Å². The number of benzene rings is 1. The molecule has 0 N–H and O–H groups in total. The maximum absolute atomic E-state index is 4.21. The van der Waals surface area contributed by atoms with E-state index < -0.39 is 8.07 Å². The third-order valence-electron chi connectivity index (χ3n) is 2.62. The Kier molecular flexibility index (Phi) is 5.00. The molecule has 16 heavy (non-hydrogen) atoms. The van der Waals surface area contributed by atoms with Crippen molar-refractivity contribution in [3.8, 4) is 0 Å². The molecule has 1 rings (SSSR count). The van der Waals surface area contributed by atoms with Gasteiger partial charge in [0, 0.05) is 8.07 Å². The largest absolute Gasteiger partial charge is 0.100 e. The molecule has 88 valence electrons. The average Bonchev–Trinajstić information content (AvgIpc) is 2.16. The van der Waals surface area contributed by atoms with Crippen LogP contribution >= 0.6 is 0 Å². The van der Waals surface area contributed by atoms with Gasteiger partial charge in [-0.1, -0.05) is 55.5 Å². The molecule has 0 aliphatic carbocycles. The van der Waals surface area contributed by atoms with Crippen LogP contribution in [0.3, 0.4) is 0 Å². The number of aryl methyl sites for hydroxylation is 1. The third-order valence-corrected chi connectivity index (χ3v) is 4.18. The van der Waals surface area contributed by atoms with Crippen LogP contribution < -0.4 is 0 Å². The Morgan fingerprint density at radius 2 is 1.75 bits per heavy atom. The Morgan fingerprint density at radius 3 is 2.31 bits per heavy atom. The Bertz CT molecular complexity index is 319. The maximum atomic E-state index is 4.21. The van der Waals surface area contributed by atoms with Crippen molar-refractivity contribution in [1.82, 2.24) is 0 Å². The van der Waals surface area contributed by atoms with Crippen molar-refractivity contribution in [2.45, 2.75) is 44.9 Å². The molecule has 0 saturated carbocycles. The lowest BCUT2D eigenvalue weighted by Gasteiger charge is -2.17. The average molecular weight is 232 g/mol. The Labute approximate surface area is 101 Å². The summed E-state index contributed by atoms with van der Waals surface area (Å²) in [6.45, 7) is 11.4. The molecule has 0 unspecified atom stereocenters. The third kappa shape index (κ3) is 5.91. The summed E-state index contributed by atoms with van der Waals surface area (Å²) < 4.78 is 0. The van der Waals surface area contributed by atoms with Crippen LogP contribution in [0.15, 0.2) is 42.5 Å². The molecule has 1 aromatic carbocycles. The molecule has 1 aromatic rings. The van der Waals surface area contributed by atoms with E-state index in [-0.39, 0.29) is 0 Å². The number of rotatable bonds is 6. The van der Waals surface area contributed by atoms with E-state index in [1.807, 2.05) is 0 Å². The first-order chi connectivity index (χ1) is 7.47. The van der Waals surface area contributed by atoms with Gasteiger partial charge in [0.2, 0.25) is 0 Å². The molecule has 0 bridgehead atoms. The van der Waals surface area contributed by atoms with Crippen molar-refractivity contribution in [3.05, 3.63) is 48.0 Å². The highest BCUT2D eigenvalue weighted by molar-refractivity contribution is 6.76. The van der Waals surface area contributed by atoms with Crippen molar-refractivity contribution < 1.29 is 0 Å². The molecule has 1 heteroatoms. The number of hydrogen-bond donors (Lipinski definition) is 0. The molecule has 0 aliphatic rings. The van der Waals surface area contributed by atoms with Crippen LogP contribution in [0.4, 0.5) is 0 Å². The molecule has 0 saturated heterocycles. The molecule has 0 fully saturated rings. The first-order valence-corrected chi connectivity index (χ1v) is 9.89. The summed E-state index contributed by atoms with van der Waals surface area (Å²) >= 11 is 0. The Balaban J connectivity index is 2.24. The smallest absolute Gasteiger partial charge is 0.0483 e. The molecular formula is C15H24Si. The highest BCUT2D eigenvalue weighted by atomic mass is 28.3. The Hall–Kier alpha value is -0.823. The van der Waals surface area contributed by atoms with Crippen molar-refractivity contribution in [3.63, 3.8) is 0 Å². The minimum atomic E-state index is -0.949. The Morgan fingerprint density at radius 1 is 1.12 bits per heavy atom. The maximum Gasteiger partial charge on any atom is 0.0483 e. The van der Waals surface area contributed by atoms with Gasteiger partial charge in [-0.3, -0.25) is 0 Å². The van der Waals surface area contributed by atoms with Crippen LogP contribution in [0.2, 0.25) is 25.7 Å². The van der Waals surface area contributed by atoms with Gasteiger partial charge in [0.05, 0.1) is 0 Å². The van der Waals surface area contributed by atoms with Gasteiger partial charge in [0.15, 0.2) is 0 Å². The summed E-state index contributed by atoms with van der Waals surface area (Å²) in [6.07, 6.45) is 3.62. The van der Waals surface area contributed by atoms with Crippen LogP contribution in [-0.4, -0.2) is 8.07 Å². The zero-order valence-electron chi connectivity index (χ0n) is 10.9. The highest BCUT2D eigenvalue weighted by Gasteiger charge is 2.13. The van der Waals surface area contributed by atoms with E-state index in [4.69, 9.17) is 0 Å². The van der Waals surface area contributed by atoms with E-state index in [1.54, 1.807) is 0 Å². The van der Waals surface area contributed by atoms with Crippen LogP contribution in [0, 0.1) is 0 Å². The molecule has 0 aliphatic heterocycles. The summed E-state index contributed by atoms with van der Waals surface area (Å²) in [5.74, 6) is 0. The van der Waals surface area contributed by atoms with Gasteiger partial charge in [-0.05, 0) is 30.9 Å². The fourth-order valence-corrected chi connectivity index (χ4v) is 3.70. The molecule has 0 radical (unpaired) electrons. The summed E-state index contributed by atoms with van der Waals surface area (Å²) in [5.41, 5.74) is 2.90. The SMILES string of the molecule is C=C(CCCc1ccccc1)C[Si](C)(C)C. The fourth-order valence-electron chi connectivity index (χ4n) is 2.03. The van der Waals surface area contributed by atoms with Crippen LogP contribution in [-0.2, 0) is 6.42 Å². The lowest BCUT2D eigenvalue weighted by molar-refractivity contribution is 0.811. The second-order valence-electron chi connectivity index (χ2n) is 5.83. The van der Waals surface area contributed by atoms with Gasteiger partial charge in [0.25, 0.3) is 0 Å².